The Bertz CT molecular complexity index is 121. The molecule has 5 heteroatoms. The number of alkyl halides is 2. The standard InChI is InChI=1S/C5H9Cl2NO2/c1-3-10-8-4(9)5(2,6)7/h3H2,1-2H3,(H,8,9). The van der Waals surface area contributed by atoms with E-state index in [0.717, 1.165) is 0 Å². The molecule has 0 aromatic rings. The van der Waals surface area contributed by atoms with Crippen LogP contribution in [0.4, 0.5) is 0 Å². The van der Waals surface area contributed by atoms with Crippen molar-refractivity contribution in [1.29, 1.82) is 0 Å². The van der Waals surface area contributed by atoms with Crippen molar-refractivity contribution < 1.29 is 9.63 Å². The van der Waals surface area contributed by atoms with Crippen LogP contribution in [-0.4, -0.2) is 16.8 Å². The Morgan fingerprint density at radius 1 is 1.70 bits per heavy atom. The number of nitrogens with one attached hydrogen (secondary N) is 1. The lowest BCUT2D eigenvalue weighted by Gasteiger charge is -2.11. The van der Waals surface area contributed by atoms with Gasteiger partial charge in [0, 0.05) is 0 Å². The fourth-order valence-electron chi connectivity index (χ4n) is 0.227. The molecular formula is C5H9Cl2NO2. The van der Waals surface area contributed by atoms with Crippen LogP contribution in [0.25, 0.3) is 0 Å². The van der Waals surface area contributed by atoms with Gasteiger partial charge in [0.15, 0.2) is 4.33 Å². The summed E-state index contributed by atoms with van der Waals surface area (Å²) >= 11 is 10.8. The second-order valence-electron chi connectivity index (χ2n) is 1.75. The van der Waals surface area contributed by atoms with Crippen molar-refractivity contribution in [3.05, 3.63) is 0 Å². The Labute approximate surface area is 69.6 Å². The van der Waals surface area contributed by atoms with Crippen molar-refractivity contribution >= 4 is 29.1 Å². The van der Waals surface area contributed by atoms with E-state index >= 15 is 0 Å². The highest BCUT2D eigenvalue weighted by Gasteiger charge is 2.27. The van der Waals surface area contributed by atoms with Crippen LogP contribution in [0, 0.1) is 0 Å². The Hall–Kier alpha value is 0.01000. The van der Waals surface area contributed by atoms with Crippen LogP contribution >= 0.6 is 23.2 Å². The maximum absolute atomic E-state index is 10.7. The average Bonchev–Trinajstić information content (AvgIpc) is 1.80. The zero-order valence-corrected chi connectivity index (χ0v) is 7.29. The summed E-state index contributed by atoms with van der Waals surface area (Å²) in [5.74, 6) is -0.558. The molecular weight excluding hydrogens is 177 g/mol. The second kappa shape index (κ2) is 4.01. The summed E-state index contributed by atoms with van der Waals surface area (Å²) in [6.07, 6.45) is 0. The van der Waals surface area contributed by atoms with Gasteiger partial charge in [-0.05, 0) is 13.8 Å². The predicted molar refractivity (Wildman–Crippen MR) is 39.9 cm³/mol. The molecule has 0 saturated heterocycles. The van der Waals surface area contributed by atoms with E-state index < -0.39 is 10.2 Å². The molecule has 0 aliphatic carbocycles. The molecule has 0 radical (unpaired) electrons. The van der Waals surface area contributed by atoms with E-state index in [4.69, 9.17) is 23.2 Å². The van der Waals surface area contributed by atoms with E-state index in [1.54, 1.807) is 6.92 Å². The summed E-state index contributed by atoms with van der Waals surface area (Å²) in [7, 11) is 0. The third kappa shape index (κ3) is 3.93. The van der Waals surface area contributed by atoms with Crippen molar-refractivity contribution in [2.24, 2.45) is 0 Å². The minimum absolute atomic E-state index is 0.385. The highest BCUT2D eigenvalue weighted by atomic mass is 35.5. The summed E-state index contributed by atoms with van der Waals surface area (Å²) in [4.78, 5) is 15.3. The third-order valence-corrected chi connectivity index (χ3v) is 1.05. The quantitative estimate of drug-likeness (QED) is 0.532. The van der Waals surface area contributed by atoms with Gasteiger partial charge in [0.1, 0.15) is 0 Å². The molecule has 0 aromatic heterocycles. The Morgan fingerprint density at radius 2 is 2.20 bits per heavy atom. The van der Waals surface area contributed by atoms with Crippen LogP contribution in [-0.2, 0) is 9.63 Å². The van der Waals surface area contributed by atoms with Crippen molar-refractivity contribution in [3.63, 3.8) is 0 Å². The lowest BCUT2D eigenvalue weighted by atomic mass is 10.4. The van der Waals surface area contributed by atoms with Crippen LogP contribution in [0.5, 0.6) is 0 Å². The summed E-state index contributed by atoms with van der Waals surface area (Å²) in [5.41, 5.74) is 2.07. The van der Waals surface area contributed by atoms with Crippen molar-refractivity contribution in [1.82, 2.24) is 5.48 Å². The maximum Gasteiger partial charge on any atom is 0.279 e. The van der Waals surface area contributed by atoms with Crippen LogP contribution in [0.2, 0.25) is 0 Å². The fourth-order valence-corrected chi connectivity index (χ4v) is 0.304. The maximum atomic E-state index is 10.7. The van der Waals surface area contributed by atoms with Gasteiger partial charge in [-0.2, -0.15) is 0 Å². The monoisotopic (exact) mass is 185 g/mol. The molecule has 0 saturated carbocycles. The van der Waals surface area contributed by atoms with Gasteiger partial charge in [-0.25, -0.2) is 5.48 Å². The topological polar surface area (TPSA) is 38.3 Å². The summed E-state index contributed by atoms with van der Waals surface area (Å²) in [6, 6.07) is 0. The molecule has 1 amide bonds. The first kappa shape index (κ1) is 10.0. The van der Waals surface area contributed by atoms with Crippen LogP contribution < -0.4 is 5.48 Å². The van der Waals surface area contributed by atoms with Gasteiger partial charge in [0.25, 0.3) is 5.91 Å². The van der Waals surface area contributed by atoms with Gasteiger partial charge in [0.2, 0.25) is 0 Å². The number of carbonyl (C=O) groups is 1. The molecule has 0 aromatic carbocycles. The molecule has 0 unspecified atom stereocenters. The second-order valence-corrected chi connectivity index (χ2v) is 3.46. The van der Waals surface area contributed by atoms with Crippen LogP contribution in [0.15, 0.2) is 0 Å². The zero-order valence-electron chi connectivity index (χ0n) is 5.78. The van der Waals surface area contributed by atoms with Gasteiger partial charge in [-0.15, -0.1) is 0 Å². The third-order valence-electron chi connectivity index (χ3n) is 0.708. The summed E-state index contributed by atoms with van der Waals surface area (Å²) in [5, 5.41) is 0. The first-order chi connectivity index (χ1) is 4.48. The van der Waals surface area contributed by atoms with Crippen LogP contribution in [0.1, 0.15) is 13.8 Å². The molecule has 0 heterocycles. The number of carbonyl (C=O) groups excluding carboxylic acids is 1. The van der Waals surface area contributed by atoms with Crippen molar-refractivity contribution in [2.75, 3.05) is 6.61 Å². The highest BCUT2D eigenvalue weighted by molar-refractivity contribution is 6.57. The molecule has 0 aliphatic heterocycles. The zero-order chi connectivity index (χ0) is 8.20. The molecule has 0 fully saturated rings. The lowest BCUT2D eigenvalue weighted by molar-refractivity contribution is -0.133. The van der Waals surface area contributed by atoms with Gasteiger partial charge < -0.3 is 0 Å². The molecule has 1 N–H and O–H groups in total. The van der Waals surface area contributed by atoms with Gasteiger partial charge >= 0.3 is 0 Å². The first-order valence-electron chi connectivity index (χ1n) is 2.78. The van der Waals surface area contributed by atoms with E-state index in [1.165, 1.54) is 6.92 Å². The number of rotatable bonds is 3. The Kier molecular flexibility index (Phi) is 4.01. The van der Waals surface area contributed by atoms with E-state index in [-0.39, 0.29) is 0 Å². The van der Waals surface area contributed by atoms with Crippen LogP contribution in [0.3, 0.4) is 0 Å². The number of hydrogen-bond donors (Lipinski definition) is 1. The van der Waals surface area contributed by atoms with Gasteiger partial charge in [-0.1, -0.05) is 23.2 Å². The number of hydrogen-bond acceptors (Lipinski definition) is 2. The molecule has 10 heavy (non-hydrogen) atoms. The summed E-state index contributed by atoms with van der Waals surface area (Å²) < 4.78 is -1.42. The molecule has 0 spiro atoms. The Balaban J connectivity index is 3.64. The van der Waals surface area contributed by atoms with Gasteiger partial charge in [0.05, 0.1) is 6.61 Å². The largest absolute Gasteiger partial charge is 0.279 e. The lowest BCUT2D eigenvalue weighted by Crippen LogP contribution is -2.36. The molecule has 0 atom stereocenters. The minimum atomic E-state index is -1.42. The molecule has 3 nitrogen and oxygen atoms in total. The normalized spacial score (nSPS) is 11.2. The molecule has 0 rings (SSSR count). The Morgan fingerprint density at radius 3 is 2.50 bits per heavy atom. The van der Waals surface area contributed by atoms with E-state index in [9.17, 15) is 4.79 Å². The van der Waals surface area contributed by atoms with Crippen molar-refractivity contribution in [2.45, 2.75) is 18.2 Å². The van der Waals surface area contributed by atoms with Crippen molar-refractivity contribution in [3.8, 4) is 0 Å². The highest BCUT2D eigenvalue weighted by Crippen LogP contribution is 2.18. The molecule has 60 valence electrons. The summed E-state index contributed by atoms with van der Waals surface area (Å²) in [6.45, 7) is 3.49. The van der Waals surface area contributed by atoms with E-state index in [2.05, 4.69) is 10.3 Å². The predicted octanol–water partition coefficient (Wildman–Crippen LogP) is 1.25. The number of amides is 1. The molecule has 0 bridgehead atoms. The average molecular weight is 186 g/mol. The van der Waals surface area contributed by atoms with E-state index in [0.29, 0.717) is 6.61 Å². The smallest absolute Gasteiger partial charge is 0.274 e. The van der Waals surface area contributed by atoms with E-state index in [1.807, 2.05) is 0 Å². The minimum Gasteiger partial charge on any atom is -0.274 e. The number of halogens is 2. The first-order valence-corrected chi connectivity index (χ1v) is 3.54. The number of hydroxylamine groups is 1. The molecule has 0 aliphatic rings. The van der Waals surface area contributed by atoms with Gasteiger partial charge in [-0.3, -0.25) is 9.63 Å². The SMILES string of the molecule is CCONC(=O)C(C)(Cl)Cl. The fraction of sp³-hybridized carbons (Fsp3) is 0.800.